The van der Waals surface area contributed by atoms with Crippen LogP contribution in [0.15, 0.2) is 18.2 Å². The van der Waals surface area contributed by atoms with Crippen LogP contribution in [0.25, 0.3) is 0 Å². The van der Waals surface area contributed by atoms with E-state index in [1.54, 1.807) is 0 Å². The number of aliphatic hydroxyl groups is 2. The van der Waals surface area contributed by atoms with Crippen molar-refractivity contribution in [1.29, 1.82) is 0 Å². The van der Waals surface area contributed by atoms with E-state index in [9.17, 15) is 19.8 Å². The van der Waals surface area contributed by atoms with E-state index in [2.05, 4.69) is 0 Å². The van der Waals surface area contributed by atoms with Gasteiger partial charge in [-0.25, -0.2) is 0 Å². The number of hydrogen-bond acceptors (Lipinski definition) is 5. The largest absolute Gasteiger partial charge is 0.497 e. The van der Waals surface area contributed by atoms with Gasteiger partial charge < -0.3 is 20.4 Å². The van der Waals surface area contributed by atoms with Crippen LogP contribution in [-0.2, 0) is 0 Å². The van der Waals surface area contributed by atoms with Gasteiger partial charge in [-0.3, -0.25) is 9.59 Å². The summed E-state index contributed by atoms with van der Waals surface area (Å²) in [4.78, 5) is 22.8. The number of carbonyl (C=O) groups excluding carboxylic acids is 2. The van der Waals surface area contributed by atoms with Crippen molar-refractivity contribution in [2.24, 2.45) is 0 Å². The van der Waals surface area contributed by atoms with Crippen LogP contribution in [-0.4, -0.2) is 40.2 Å². The second-order valence-corrected chi connectivity index (χ2v) is 3.24. The van der Waals surface area contributed by atoms with Gasteiger partial charge in [0.25, 0.3) is 5.79 Å². The minimum Gasteiger partial charge on any atom is -0.497 e. The fraction of sp³-hybridized carbons (Fsp3) is 0.200. The number of Topliss-reactive ketones (excluding diaryl/α,β-unsaturated/α-hetero) is 2. The molecule has 1 aliphatic carbocycles. The van der Waals surface area contributed by atoms with Crippen LogP contribution in [0, 0.1) is 0 Å². The number of hydrogen-bond donors (Lipinski definition) is 2. The van der Waals surface area contributed by atoms with Gasteiger partial charge in [-0.2, -0.15) is 0 Å². The van der Waals surface area contributed by atoms with Crippen LogP contribution >= 0.6 is 0 Å². The molecule has 0 spiro atoms. The Morgan fingerprint density at radius 1 is 1.12 bits per heavy atom. The highest BCUT2D eigenvalue weighted by Crippen LogP contribution is 2.30. The average Bonchev–Trinajstić information content (AvgIpc) is 2.40. The van der Waals surface area contributed by atoms with E-state index >= 15 is 0 Å². The maximum atomic E-state index is 11.4. The van der Waals surface area contributed by atoms with Crippen molar-refractivity contribution in [2.75, 3.05) is 7.11 Å². The highest BCUT2D eigenvalue weighted by atomic mass is 16.5. The van der Waals surface area contributed by atoms with Gasteiger partial charge in [0.05, 0.1) is 7.11 Å². The van der Waals surface area contributed by atoms with Crippen molar-refractivity contribution >= 4 is 11.6 Å². The van der Waals surface area contributed by atoms with E-state index in [1.165, 1.54) is 25.3 Å². The second kappa shape index (κ2) is 3.67. The van der Waals surface area contributed by atoms with Gasteiger partial charge in [-0.05, 0) is 18.2 Å². The molecule has 6 heteroatoms. The summed E-state index contributed by atoms with van der Waals surface area (Å²) in [6, 6.07) is 4.12. The van der Waals surface area contributed by atoms with Crippen LogP contribution in [0.5, 0.6) is 5.75 Å². The maximum Gasteiger partial charge on any atom is 0.295 e. The Labute approximate surface area is 90.4 Å². The molecule has 2 rings (SSSR count). The Bertz CT molecular complexity index is 462. The van der Waals surface area contributed by atoms with Crippen LogP contribution < -0.4 is 4.74 Å². The van der Waals surface area contributed by atoms with Crippen molar-refractivity contribution in [1.82, 2.24) is 0 Å². The van der Waals surface area contributed by atoms with Gasteiger partial charge in [-0.15, -0.1) is 0 Å². The summed E-state index contributed by atoms with van der Waals surface area (Å²) in [7, 11) is 1.41. The third-order valence-electron chi connectivity index (χ3n) is 2.35. The number of methoxy groups -OCH3 is 1. The van der Waals surface area contributed by atoms with Gasteiger partial charge in [0.15, 0.2) is 0 Å². The highest BCUT2D eigenvalue weighted by Gasteiger charge is 2.50. The first-order valence-electron chi connectivity index (χ1n) is 4.21. The van der Waals surface area contributed by atoms with Gasteiger partial charge in [-0.1, -0.05) is 0 Å². The van der Waals surface area contributed by atoms with E-state index in [4.69, 9.17) is 4.74 Å². The van der Waals surface area contributed by atoms with E-state index in [1.807, 2.05) is 0 Å². The van der Waals surface area contributed by atoms with Crippen LogP contribution in [0.1, 0.15) is 20.7 Å². The SMILES string of the molecule is COc1ccc2c(c1)C(=O)C(O)(O)C2=O.O. The molecule has 0 bridgehead atoms. The Hall–Kier alpha value is -1.76. The third-order valence-corrected chi connectivity index (χ3v) is 2.35. The molecule has 0 aliphatic heterocycles. The molecule has 16 heavy (non-hydrogen) atoms. The Morgan fingerprint density at radius 2 is 1.69 bits per heavy atom. The summed E-state index contributed by atoms with van der Waals surface area (Å²) in [6.45, 7) is 0. The van der Waals surface area contributed by atoms with Crippen LogP contribution in [0.2, 0.25) is 0 Å². The van der Waals surface area contributed by atoms with E-state index < -0.39 is 17.4 Å². The molecular weight excluding hydrogens is 216 g/mol. The van der Waals surface area contributed by atoms with E-state index in [0.717, 1.165) is 0 Å². The molecule has 6 nitrogen and oxygen atoms in total. The van der Waals surface area contributed by atoms with E-state index in [0.29, 0.717) is 5.75 Å². The zero-order chi connectivity index (χ0) is 11.2. The molecule has 0 aromatic heterocycles. The van der Waals surface area contributed by atoms with E-state index in [-0.39, 0.29) is 16.6 Å². The number of benzene rings is 1. The quantitative estimate of drug-likeness (QED) is 0.467. The fourth-order valence-corrected chi connectivity index (χ4v) is 1.51. The lowest BCUT2D eigenvalue weighted by molar-refractivity contribution is -0.0857. The molecule has 1 aromatic carbocycles. The summed E-state index contributed by atoms with van der Waals surface area (Å²) < 4.78 is 4.86. The molecule has 0 atom stereocenters. The summed E-state index contributed by atoms with van der Waals surface area (Å²) in [5.74, 6) is -4.55. The predicted molar refractivity (Wildman–Crippen MR) is 52.4 cm³/mol. The van der Waals surface area contributed by atoms with Gasteiger partial charge in [0.1, 0.15) is 5.75 Å². The molecule has 0 fully saturated rings. The number of fused-ring (bicyclic) bond motifs is 1. The summed E-state index contributed by atoms with van der Waals surface area (Å²) in [5.41, 5.74) is -0.0184. The molecule has 86 valence electrons. The standard InChI is InChI=1S/C10H8O5.H2O/c1-15-5-2-3-6-7(4-5)9(12)10(13,14)8(6)11;/h2-4,13-14H,1H3;1H2. The summed E-state index contributed by atoms with van der Waals surface area (Å²) >= 11 is 0. The molecule has 0 saturated heterocycles. The molecule has 4 N–H and O–H groups in total. The van der Waals surface area contributed by atoms with Gasteiger partial charge in [0.2, 0.25) is 11.6 Å². The molecular formula is C10H10O6. The Balaban J connectivity index is 0.00000128. The lowest BCUT2D eigenvalue weighted by Gasteiger charge is -2.08. The van der Waals surface area contributed by atoms with Crippen molar-refractivity contribution in [3.63, 3.8) is 0 Å². The van der Waals surface area contributed by atoms with Crippen LogP contribution in [0.4, 0.5) is 0 Å². The molecule has 0 amide bonds. The van der Waals surface area contributed by atoms with Crippen molar-refractivity contribution in [3.05, 3.63) is 29.3 Å². The second-order valence-electron chi connectivity index (χ2n) is 3.24. The van der Waals surface area contributed by atoms with Gasteiger partial charge in [0, 0.05) is 11.1 Å². The minimum absolute atomic E-state index is 0. The number of carbonyl (C=O) groups is 2. The Kier molecular flexibility index (Phi) is 2.83. The Morgan fingerprint density at radius 3 is 2.25 bits per heavy atom. The lowest BCUT2D eigenvalue weighted by Crippen LogP contribution is -2.40. The minimum atomic E-state index is -2.92. The first-order valence-corrected chi connectivity index (χ1v) is 4.21. The first-order chi connectivity index (χ1) is 6.98. The lowest BCUT2D eigenvalue weighted by atomic mass is 10.1. The summed E-state index contributed by atoms with van der Waals surface area (Å²) in [5, 5.41) is 18.5. The predicted octanol–water partition coefficient (Wildman–Crippen LogP) is -1.07. The monoisotopic (exact) mass is 226 g/mol. The topological polar surface area (TPSA) is 115 Å². The molecule has 1 aliphatic rings. The molecule has 1 aromatic rings. The maximum absolute atomic E-state index is 11.4. The zero-order valence-electron chi connectivity index (χ0n) is 8.35. The van der Waals surface area contributed by atoms with Crippen molar-refractivity contribution < 1.29 is 30.0 Å². The normalized spacial score (nSPS) is 16.7. The van der Waals surface area contributed by atoms with Crippen molar-refractivity contribution in [3.8, 4) is 5.75 Å². The zero-order valence-corrected chi connectivity index (χ0v) is 8.35. The molecule has 0 radical (unpaired) electrons. The smallest absolute Gasteiger partial charge is 0.295 e. The van der Waals surface area contributed by atoms with Crippen molar-refractivity contribution in [2.45, 2.75) is 5.79 Å². The number of ether oxygens (including phenoxy) is 1. The molecule has 0 saturated carbocycles. The number of rotatable bonds is 1. The van der Waals surface area contributed by atoms with Gasteiger partial charge >= 0.3 is 0 Å². The summed E-state index contributed by atoms with van der Waals surface area (Å²) in [6.07, 6.45) is 0. The first kappa shape index (κ1) is 12.3. The average molecular weight is 226 g/mol. The fourth-order valence-electron chi connectivity index (χ4n) is 1.51. The number of ketones is 2. The third kappa shape index (κ3) is 1.40. The molecule has 0 heterocycles. The van der Waals surface area contributed by atoms with Crippen LogP contribution in [0.3, 0.4) is 0 Å². The highest BCUT2D eigenvalue weighted by molar-refractivity contribution is 6.30. The molecule has 0 unspecified atom stereocenters.